The van der Waals surface area contributed by atoms with Crippen LogP contribution in [0.1, 0.15) is 23.4 Å². The van der Waals surface area contributed by atoms with E-state index in [1.807, 2.05) is 0 Å². The van der Waals surface area contributed by atoms with E-state index in [-0.39, 0.29) is 12.3 Å². The summed E-state index contributed by atoms with van der Waals surface area (Å²) < 4.78 is 39.7. The Balaban J connectivity index is 2.07. The predicted molar refractivity (Wildman–Crippen MR) is 60.0 cm³/mol. The molecule has 20 heavy (non-hydrogen) atoms. The SMILES string of the molecule is NC(=O)C1c2occc2C2CN1C(=O)N2OS(=O)(=O)O. The lowest BCUT2D eigenvalue weighted by Gasteiger charge is -2.26. The van der Waals surface area contributed by atoms with Gasteiger partial charge in [-0.2, -0.15) is 13.5 Å². The van der Waals surface area contributed by atoms with Gasteiger partial charge in [0, 0.05) is 5.56 Å². The molecule has 1 fully saturated rings. The molecule has 0 spiro atoms. The van der Waals surface area contributed by atoms with Crippen molar-refractivity contribution >= 4 is 22.3 Å². The monoisotopic (exact) mass is 303 g/mol. The zero-order chi connectivity index (χ0) is 14.7. The summed E-state index contributed by atoms with van der Waals surface area (Å²) in [5, 5.41) is 0.479. The maximum absolute atomic E-state index is 12.0. The zero-order valence-electron chi connectivity index (χ0n) is 9.79. The summed E-state index contributed by atoms with van der Waals surface area (Å²) in [6, 6.07) is -1.37. The summed E-state index contributed by atoms with van der Waals surface area (Å²) in [6.45, 7) is -0.00546. The number of primary amides is 1. The van der Waals surface area contributed by atoms with Crippen LogP contribution in [0.3, 0.4) is 0 Å². The number of urea groups is 1. The number of carbonyl (C=O) groups is 2. The van der Waals surface area contributed by atoms with Crippen molar-refractivity contribution in [3.8, 4) is 0 Å². The number of hydrogen-bond donors (Lipinski definition) is 2. The van der Waals surface area contributed by atoms with Crippen molar-refractivity contribution < 1.29 is 31.3 Å². The first-order chi connectivity index (χ1) is 9.29. The predicted octanol–water partition coefficient (Wildman–Crippen LogP) is -0.667. The van der Waals surface area contributed by atoms with Crippen LogP contribution in [0.5, 0.6) is 0 Å². The van der Waals surface area contributed by atoms with E-state index in [4.69, 9.17) is 14.7 Å². The number of rotatable bonds is 3. The van der Waals surface area contributed by atoms with Crippen LogP contribution in [0.15, 0.2) is 16.7 Å². The Kier molecular flexibility index (Phi) is 2.54. The Hall–Kier alpha value is -2.11. The first-order valence-electron chi connectivity index (χ1n) is 5.43. The molecule has 2 aliphatic heterocycles. The summed E-state index contributed by atoms with van der Waals surface area (Å²) in [6.07, 6.45) is 1.29. The van der Waals surface area contributed by atoms with Crippen LogP contribution in [0.4, 0.5) is 4.79 Å². The summed E-state index contributed by atoms with van der Waals surface area (Å²) in [7, 11) is -4.87. The molecule has 108 valence electrons. The van der Waals surface area contributed by atoms with Crippen LogP contribution >= 0.6 is 0 Å². The lowest BCUT2D eigenvalue weighted by molar-refractivity contribution is -0.123. The first kappa shape index (κ1) is 12.9. The summed E-state index contributed by atoms with van der Waals surface area (Å²) in [5.74, 6) is -0.662. The van der Waals surface area contributed by atoms with E-state index in [9.17, 15) is 18.0 Å². The zero-order valence-corrected chi connectivity index (χ0v) is 10.6. The summed E-state index contributed by atoms with van der Waals surface area (Å²) in [4.78, 5) is 24.5. The minimum atomic E-state index is -4.87. The Labute approximate surface area is 112 Å². The lowest BCUT2D eigenvalue weighted by atomic mass is 9.98. The minimum absolute atomic E-state index is 0.00546. The molecule has 3 N–H and O–H groups in total. The molecule has 10 nitrogen and oxygen atoms in total. The smallest absolute Gasteiger partial charge is 0.418 e. The highest BCUT2D eigenvalue weighted by Crippen LogP contribution is 2.44. The Morgan fingerprint density at radius 1 is 1.55 bits per heavy atom. The molecule has 1 aromatic heterocycles. The average molecular weight is 303 g/mol. The minimum Gasteiger partial charge on any atom is -0.466 e. The second-order valence-electron chi connectivity index (χ2n) is 4.32. The Morgan fingerprint density at radius 3 is 2.85 bits per heavy atom. The molecule has 3 heterocycles. The van der Waals surface area contributed by atoms with Crippen molar-refractivity contribution in [3.05, 3.63) is 23.7 Å². The Bertz CT molecular complexity index is 696. The van der Waals surface area contributed by atoms with Gasteiger partial charge in [-0.05, 0) is 6.07 Å². The summed E-state index contributed by atoms with van der Waals surface area (Å²) >= 11 is 0. The fraction of sp³-hybridized carbons (Fsp3) is 0.333. The molecule has 0 saturated carbocycles. The van der Waals surface area contributed by atoms with Crippen molar-refractivity contribution in [2.24, 2.45) is 5.73 Å². The average Bonchev–Trinajstić information content (AvgIpc) is 2.88. The number of nitrogens with zero attached hydrogens (tertiary/aromatic N) is 2. The maximum atomic E-state index is 12.0. The van der Waals surface area contributed by atoms with E-state index < -0.39 is 34.4 Å². The molecule has 3 amide bonds. The second-order valence-corrected chi connectivity index (χ2v) is 5.33. The summed E-state index contributed by atoms with van der Waals surface area (Å²) in [5.41, 5.74) is 5.64. The van der Waals surface area contributed by atoms with Gasteiger partial charge in [0.1, 0.15) is 11.8 Å². The normalized spacial score (nSPS) is 24.9. The van der Waals surface area contributed by atoms with Gasteiger partial charge in [0.2, 0.25) is 5.91 Å². The highest BCUT2D eigenvalue weighted by atomic mass is 32.3. The number of nitrogens with two attached hydrogens (primary N) is 1. The number of carbonyl (C=O) groups excluding carboxylic acids is 2. The third kappa shape index (κ3) is 1.75. The topological polar surface area (TPSA) is 143 Å². The fourth-order valence-corrected chi connectivity index (χ4v) is 2.85. The first-order valence-corrected chi connectivity index (χ1v) is 6.79. The van der Waals surface area contributed by atoms with Crippen LogP contribution in [-0.2, 0) is 19.5 Å². The van der Waals surface area contributed by atoms with E-state index >= 15 is 0 Å². The molecule has 1 saturated heterocycles. The molecule has 1 aromatic rings. The molecule has 2 unspecified atom stereocenters. The van der Waals surface area contributed by atoms with Gasteiger partial charge in [-0.3, -0.25) is 9.35 Å². The molecule has 2 atom stereocenters. The van der Waals surface area contributed by atoms with Crippen molar-refractivity contribution in [3.63, 3.8) is 0 Å². The molecule has 0 radical (unpaired) electrons. The second kappa shape index (κ2) is 3.94. The maximum Gasteiger partial charge on any atom is 0.418 e. The van der Waals surface area contributed by atoms with Crippen molar-refractivity contribution in [1.29, 1.82) is 0 Å². The largest absolute Gasteiger partial charge is 0.466 e. The quantitative estimate of drug-likeness (QED) is 0.705. The van der Waals surface area contributed by atoms with Crippen molar-refractivity contribution in [2.75, 3.05) is 6.54 Å². The van der Waals surface area contributed by atoms with Gasteiger partial charge in [-0.1, -0.05) is 0 Å². The molecule has 11 heteroatoms. The lowest BCUT2D eigenvalue weighted by Crippen LogP contribution is -2.41. The fourth-order valence-electron chi connectivity index (χ4n) is 2.48. The van der Waals surface area contributed by atoms with Gasteiger partial charge < -0.3 is 15.1 Å². The molecule has 3 rings (SSSR count). The van der Waals surface area contributed by atoms with Crippen LogP contribution in [0, 0.1) is 0 Å². The van der Waals surface area contributed by atoms with Crippen molar-refractivity contribution in [1.82, 2.24) is 9.96 Å². The molecule has 2 aliphatic rings. The van der Waals surface area contributed by atoms with Gasteiger partial charge in [0.05, 0.1) is 12.8 Å². The molecule has 0 aliphatic carbocycles. The van der Waals surface area contributed by atoms with E-state index in [1.165, 1.54) is 12.3 Å². The standard InChI is InChI=1S/C9H9N3O7S/c10-8(13)6-7-4(1-2-18-7)5-3-11(6)9(14)12(5)19-20(15,16)17/h1-2,5-6H,3H2,(H2,10,13)(H,15,16,17). The number of hydrogen-bond acceptors (Lipinski definition) is 6. The van der Waals surface area contributed by atoms with Crippen LogP contribution < -0.4 is 5.73 Å². The highest BCUT2D eigenvalue weighted by Gasteiger charge is 2.53. The third-order valence-corrected chi connectivity index (χ3v) is 3.53. The number of furan rings is 1. The molecule has 0 aromatic carbocycles. The Morgan fingerprint density at radius 2 is 2.25 bits per heavy atom. The van der Waals surface area contributed by atoms with Gasteiger partial charge in [-0.15, -0.1) is 4.28 Å². The molecular weight excluding hydrogens is 294 g/mol. The van der Waals surface area contributed by atoms with Crippen LogP contribution in [0.2, 0.25) is 0 Å². The van der Waals surface area contributed by atoms with Crippen molar-refractivity contribution in [2.45, 2.75) is 12.1 Å². The van der Waals surface area contributed by atoms with Gasteiger partial charge in [-0.25, -0.2) is 4.79 Å². The molecule has 2 bridgehead atoms. The van der Waals surface area contributed by atoms with Crippen LogP contribution in [0.25, 0.3) is 0 Å². The van der Waals surface area contributed by atoms with Gasteiger partial charge in [0.15, 0.2) is 6.04 Å². The number of fused-ring (bicyclic) bond motifs is 4. The van der Waals surface area contributed by atoms with Crippen LogP contribution in [-0.4, -0.2) is 41.4 Å². The highest BCUT2D eigenvalue weighted by molar-refractivity contribution is 7.80. The number of hydroxylamine groups is 2. The number of amides is 3. The van der Waals surface area contributed by atoms with E-state index in [0.29, 0.717) is 10.6 Å². The molecular formula is C9H9N3O7S. The van der Waals surface area contributed by atoms with E-state index in [0.717, 1.165) is 4.90 Å². The van der Waals surface area contributed by atoms with Gasteiger partial charge >= 0.3 is 16.4 Å². The third-order valence-electron chi connectivity index (χ3n) is 3.18. The van der Waals surface area contributed by atoms with Gasteiger partial charge in [0.25, 0.3) is 0 Å². The van der Waals surface area contributed by atoms with E-state index in [1.54, 1.807) is 0 Å². The van der Waals surface area contributed by atoms with E-state index in [2.05, 4.69) is 4.28 Å².